The fraction of sp³-hybridized carbons (Fsp3) is 0.120. The van der Waals surface area contributed by atoms with Gasteiger partial charge in [-0.3, -0.25) is 4.79 Å². The maximum atomic E-state index is 13.3. The molecule has 0 aliphatic carbocycles. The van der Waals surface area contributed by atoms with Gasteiger partial charge in [0.05, 0.1) is 23.9 Å². The Morgan fingerprint density at radius 1 is 0.967 bits per heavy atom. The molecule has 4 rings (SSSR count). The molecule has 0 aliphatic heterocycles. The lowest BCUT2D eigenvalue weighted by molar-refractivity contribution is 0.102. The maximum Gasteiger partial charge on any atom is 0.256 e. The number of nitrogens with one attached hydrogen (secondary N) is 1. The number of nitrogens with zero attached hydrogens (tertiary/aromatic N) is 1. The van der Waals surface area contributed by atoms with E-state index in [1.165, 1.54) is 5.56 Å². The number of aryl methyl sites for hydroxylation is 2. The normalized spacial score (nSPS) is 10.8. The Labute approximate surface area is 184 Å². The zero-order chi connectivity index (χ0) is 21.3. The van der Waals surface area contributed by atoms with Crippen LogP contribution in [0.1, 0.15) is 21.5 Å². The summed E-state index contributed by atoms with van der Waals surface area (Å²) in [7, 11) is 1.61. The van der Waals surface area contributed by atoms with E-state index in [0.29, 0.717) is 11.3 Å². The number of hydrogen-bond donors (Lipinski definition) is 1. The number of methoxy groups -OCH3 is 1. The molecule has 1 N–H and O–H groups in total. The number of anilines is 1. The molecule has 0 saturated carbocycles. The van der Waals surface area contributed by atoms with Crippen LogP contribution in [-0.4, -0.2) is 18.0 Å². The molecule has 30 heavy (non-hydrogen) atoms. The number of hydrogen-bond acceptors (Lipinski definition) is 3. The number of aromatic nitrogens is 1. The standard InChI is InChI=1S/C25H21BrN2O2/c1-15-4-6-17(7-5-15)23-14-22(21-13-18(26)12-16(2)24(21)28-23)25(29)27-19-8-10-20(30-3)11-9-19/h4-14H,1-3H3,(H,27,29). The second-order valence-electron chi connectivity index (χ2n) is 7.22. The Morgan fingerprint density at radius 3 is 2.33 bits per heavy atom. The summed E-state index contributed by atoms with van der Waals surface area (Å²) in [5, 5.41) is 3.80. The largest absolute Gasteiger partial charge is 0.497 e. The number of ether oxygens (including phenoxy) is 1. The molecule has 150 valence electrons. The van der Waals surface area contributed by atoms with Crippen molar-refractivity contribution in [2.24, 2.45) is 0 Å². The number of benzene rings is 3. The van der Waals surface area contributed by atoms with Crippen molar-refractivity contribution >= 4 is 38.4 Å². The van der Waals surface area contributed by atoms with Gasteiger partial charge in [-0.15, -0.1) is 0 Å². The molecule has 0 unspecified atom stereocenters. The second kappa shape index (κ2) is 8.28. The molecule has 0 bridgehead atoms. The van der Waals surface area contributed by atoms with Gasteiger partial charge in [0.1, 0.15) is 5.75 Å². The van der Waals surface area contributed by atoms with Gasteiger partial charge in [0.15, 0.2) is 0 Å². The summed E-state index contributed by atoms with van der Waals surface area (Å²) in [6.45, 7) is 4.05. The van der Waals surface area contributed by atoms with E-state index in [1.807, 2.05) is 80.6 Å². The van der Waals surface area contributed by atoms with Crippen molar-refractivity contribution in [3.05, 3.63) is 87.9 Å². The van der Waals surface area contributed by atoms with E-state index in [4.69, 9.17) is 9.72 Å². The van der Waals surface area contributed by atoms with Gasteiger partial charge < -0.3 is 10.1 Å². The minimum absolute atomic E-state index is 0.182. The van der Waals surface area contributed by atoms with E-state index in [0.717, 1.165) is 37.9 Å². The SMILES string of the molecule is COc1ccc(NC(=O)c2cc(-c3ccc(C)cc3)nc3c(C)cc(Br)cc23)cc1. The number of carbonyl (C=O) groups is 1. The lowest BCUT2D eigenvalue weighted by Crippen LogP contribution is -2.13. The van der Waals surface area contributed by atoms with Crippen molar-refractivity contribution in [3.63, 3.8) is 0 Å². The van der Waals surface area contributed by atoms with Crippen molar-refractivity contribution in [2.75, 3.05) is 12.4 Å². The highest BCUT2D eigenvalue weighted by atomic mass is 79.9. The fourth-order valence-corrected chi connectivity index (χ4v) is 3.96. The first-order valence-electron chi connectivity index (χ1n) is 9.58. The van der Waals surface area contributed by atoms with Crippen LogP contribution in [0.4, 0.5) is 5.69 Å². The molecule has 0 aliphatic rings. The highest BCUT2D eigenvalue weighted by Gasteiger charge is 2.16. The monoisotopic (exact) mass is 460 g/mol. The molecule has 0 fully saturated rings. The first-order chi connectivity index (χ1) is 14.4. The van der Waals surface area contributed by atoms with Gasteiger partial charge >= 0.3 is 0 Å². The van der Waals surface area contributed by atoms with Crippen LogP contribution in [-0.2, 0) is 0 Å². The van der Waals surface area contributed by atoms with E-state index in [9.17, 15) is 4.79 Å². The molecule has 1 heterocycles. The first-order valence-corrected chi connectivity index (χ1v) is 10.4. The summed E-state index contributed by atoms with van der Waals surface area (Å²) in [6.07, 6.45) is 0. The van der Waals surface area contributed by atoms with E-state index in [2.05, 4.69) is 21.2 Å². The van der Waals surface area contributed by atoms with Crippen molar-refractivity contribution < 1.29 is 9.53 Å². The predicted molar refractivity (Wildman–Crippen MR) is 125 cm³/mol. The molecule has 0 saturated heterocycles. The smallest absolute Gasteiger partial charge is 0.256 e. The summed E-state index contributed by atoms with van der Waals surface area (Å²) >= 11 is 3.55. The van der Waals surface area contributed by atoms with Crippen LogP contribution in [0.25, 0.3) is 22.2 Å². The predicted octanol–water partition coefficient (Wildman–Crippen LogP) is 6.54. The number of amides is 1. The Balaban J connectivity index is 1.83. The average molecular weight is 461 g/mol. The molecule has 5 heteroatoms. The van der Waals surface area contributed by atoms with Crippen LogP contribution in [0.2, 0.25) is 0 Å². The van der Waals surface area contributed by atoms with Gasteiger partial charge in [0.25, 0.3) is 5.91 Å². The number of carbonyl (C=O) groups excluding carboxylic acids is 1. The molecule has 4 nitrogen and oxygen atoms in total. The quantitative estimate of drug-likeness (QED) is 0.375. The van der Waals surface area contributed by atoms with Crippen LogP contribution >= 0.6 is 15.9 Å². The van der Waals surface area contributed by atoms with E-state index in [-0.39, 0.29) is 5.91 Å². The van der Waals surface area contributed by atoms with Gasteiger partial charge in [-0.05, 0) is 61.9 Å². The van der Waals surface area contributed by atoms with Gasteiger partial charge in [0.2, 0.25) is 0 Å². The van der Waals surface area contributed by atoms with Gasteiger partial charge in [-0.2, -0.15) is 0 Å². The first kappa shape index (κ1) is 20.1. The third-order valence-electron chi connectivity index (χ3n) is 5.01. The highest BCUT2D eigenvalue weighted by Crippen LogP contribution is 2.30. The molecule has 1 aromatic heterocycles. The molecule has 3 aromatic carbocycles. The number of pyridine rings is 1. The number of halogens is 1. The summed E-state index contributed by atoms with van der Waals surface area (Å²) in [5.74, 6) is 0.557. The molecule has 4 aromatic rings. The van der Waals surface area contributed by atoms with Gasteiger partial charge in [0, 0.05) is 21.1 Å². The zero-order valence-corrected chi connectivity index (χ0v) is 18.6. The average Bonchev–Trinajstić information content (AvgIpc) is 2.74. The number of rotatable bonds is 4. The highest BCUT2D eigenvalue weighted by molar-refractivity contribution is 9.10. The van der Waals surface area contributed by atoms with E-state index < -0.39 is 0 Å². The van der Waals surface area contributed by atoms with Crippen LogP contribution in [0, 0.1) is 13.8 Å². The van der Waals surface area contributed by atoms with Crippen molar-refractivity contribution in [3.8, 4) is 17.0 Å². The van der Waals surface area contributed by atoms with E-state index >= 15 is 0 Å². The molecular formula is C25H21BrN2O2. The second-order valence-corrected chi connectivity index (χ2v) is 8.14. The van der Waals surface area contributed by atoms with Crippen molar-refractivity contribution in [2.45, 2.75) is 13.8 Å². The van der Waals surface area contributed by atoms with E-state index in [1.54, 1.807) is 7.11 Å². The summed E-state index contributed by atoms with van der Waals surface area (Å²) < 4.78 is 6.10. The van der Waals surface area contributed by atoms with Crippen LogP contribution in [0.15, 0.2) is 71.2 Å². The topological polar surface area (TPSA) is 51.2 Å². The lowest BCUT2D eigenvalue weighted by atomic mass is 10.0. The Kier molecular flexibility index (Phi) is 5.55. The summed E-state index contributed by atoms with van der Waals surface area (Å²) in [5.41, 5.74) is 6.03. The van der Waals surface area contributed by atoms with Crippen molar-refractivity contribution in [1.29, 1.82) is 0 Å². The molecule has 0 spiro atoms. The zero-order valence-electron chi connectivity index (χ0n) is 17.0. The minimum atomic E-state index is -0.182. The van der Waals surface area contributed by atoms with Crippen molar-refractivity contribution in [1.82, 2.24) is 4.98 Å². The third kappa shape index (κ3) is 4.07. The van der Waals surface area contributed by atoms with Gasteiger partial charge in [-0.25, -0.2) is 4.98 Å². The molecule has 0 radical (unpaired) electrons. The minimum Gasteiger partial charge on any atom is -0.497 e. The Bertz CT molecular complexity index is 1230. The Morgan fingerprint density at radius 2 is 1.67 bits per heavy atom. The lowest BCUT2D eigenvalue weighted by Gasteiger charge is -2.13. The number of fused-ring (bicyclic) bond motifs is 1. The molecule has 0 atom stereocenters. The third-order valence-corrected chi connectivity index (χ3v) is 5.47. The molecule has 1 amide bonds. The Hall–Kier alpha value is -3.18. The van der Waals surface area contributed by atoms with Gasteiger partial charge in [-0.1, -0.05) is 45.8 Å². The van der Waals surface area contributed by atoms with Crippen LogP contribution in [0.5, 0.6) is 5.75 Å². The van der Waals surface area contributed by atoms with Crippen LogP contribution in [0.3, 0.4) is 0 Å². The van der Waals surface area contributed by atoms with Crippen LogP contribution < -0.4 is 10.1 Å². The summed E-state index contributed by atoms with van der Waals surface area (Å²) in [4.78, 5) is 18.1. The maximum absolute atomic E-state index is 13.3. The summed E-state index contributed by atoms with van der Waals surface area (Å²) in [6, 6.07) is 21.3. The molecular weight excluding hydrogens is 440 g/mol. The fourth-order valence-electron chi connectivity index (χ4n) is 3.39.